The van der Waals surface area contributed by atoms with Gasteiger partial charge in [0.15, 0.2) is 0 Å². The second kappa shape index (κ2) is 6.80. The fourth-order valence-corrected chi connectivity index (χ4v) is 2.22. The maximum Gasteiger partial charge on any atom is 0.128 e. The molecule has 0 atom stereocenters. The van der Waals surface area contributed by atoms with E-state index in [4.69, 9.17) is 10.5 Å². The van der Waals surface area contributed by atoms with E-state index >= 15 is 0 Å². The minimum atomic E-state index is -0.258. The highest BCUT2D eigenvalue weighted by molar-refractivity contribution is 9.10. The Kier molecular flexibility index (Phi) is 5.07. The van der Waals surface area contributed by atoms with Crippen molar-refractivity contribution in [2.24, 2.45) is 5.73 Å². The molecule has 0 radical (unpaired) electrons. The van der Waals surface area contributed by atoms with Gasteiger partial charge in [0.25, 0.3) is 0 Å². The van der Waals surface area contributed by atoms with Crippen molar-refractivity contribution in [1.29, 1.82) is 0 Å². The number of hydrogen-bond acceptors (Lipinski definition) is 2. The molecule has 0 aliphatic rings. The average molecular weight is 324 g/mol. The van der Waals surface area contributed by atoms with E-state index in [-0.39, 0.29) is 12.4 Å². The third-order valence-corrected chi connectivity index (χ3v) is 3.25. The standard InChI is InChI=1S/C15H15BrFNO/c16-14-3-1-2-12(7-14)9-19-10-13-6-11(8-18)4-5-15(13)17/h1-7H,8-10,18H2. The van der Waals surface area contributed by atoms with Crippen LogP contribution in [-0.2, 0) is 24.5 Å². The Morgan fingerprint density at radius 2 is 1.89 bits per heavy atom. The Morgan fingerprint density at radius 3 is 2.63 bits per heavy atom. The number of benzene rings is 2. The quantitative estimate of drug-likeness (QED) is 0.909. The fourth-order valence-electron chi connectivity index (χ4n) is 1.77. The predicted octanol–water partition coefficient (Wildman–Crippen LogP) is 3.76. The zero-order valence-corrected chi connectivity index (χ0v) is 12.0. The van der Waals surface area contributed by atoms with Crippen LogP contribution >= 0.6 is 15.9 Å². The lowest BCUT2D eigenvalue weighted by atomic mass is 10.1. The zero-order chi connectivity index (χ0) is 13.7. The van der Waals surface area contributed by atoms with Crippen LogP contribution in [0.3, 0.4) is 0 Å². The van der Waals surface area contributed by atoms with Gasteiger partial charge in [-0.05, 0) is 35.4 Å². The molecule has 2 aromatic rings. The Labute approximate surface area is 120 Å². The summed E-state index contributed by atoms with van der Waals surface area (Å²) in [7, 11) is 0. The SMILES string of the molecule is NCc1ccc(F)c(COCc2cccc(Br)c2)c1. The van der Waals surface area contributed by atoms with Crippen LogP contribution in [0.25, 0.3) is 0 Å². The molecule has 19 heavy (non-hydrogen) atoms. The second-order valence-electron chi connectivity index (χ2n) is 4.25. The molecule has 2 aromatic carbocycles. The van der Waals surface area contributed by atoms with E-state index in [1.54, 1.807) is 12.1 Å². The molecule has 0 aliphatic carbocycles. The smallest absolute Gasteiger partial charge is 0.128 e. The van der Waals surface area contributed by atoms with Gasteiger partial charge in [0.2, 0.25) is 0 Å². The maximum atomic E-state index is 13.6. The van der Waals surface area contributed by atoms with Crippen molar-refractivity contribution in [3.8, 4) is 0 Å². The van der Waals surface area contributed by atoms with Crippen molar-refractivity contribution in [1.82, 2.24) is 0 Å². The molecule has 0 fully saturated rings. The summed E-state index contributed by atoms with van der Waals surface area (Å²) < 4.78 is 20.1. The molecule has 0 heterocycles. The normalized spacial score (nSPS) is 10.7. The average Bonchev–Trinajstić information content (AvgIpc) is 2.41. The van der Waals surface area contributed by atoms with E-state index in [0.717, 1.165) is 15.6 Å². The summed E-state index contributed by atoms with van der Waals surface area (Å²) in [6.45, 7) is 1.09. The van der Waals surface area contributed by atoms with Crippen LogP contribution in [0.1, 0.15) is 16.7 Å². The van der Waals surface area contributed by atoms with Crippen molar-refractivity contribution in [2.75, 3.05) is 0 Å². The molecule has 2 nitrogen and oxygen atoms in total. The summed E-state index contributed by atoms with van der Waals surface area (Å²) in [5.74, 6) is -0.258. The molecule has 2 N–H and O–H groups in total. The van der Waals surface area contributed by atoms with Gasteiger partial charge in [0.05, 0.1) is 13.2 Å². The molecule has 0 unspecified atom stereocenters. The van der Waals surface area contributed by atoms with Crippen molar-refractivity contribution in [2.45, 2.75) is 19.8 Å². The first-order chi connectivity index (χ1) is 9.19. The lowest BCUT2D eigenvalue weighted by molar-refractivity contribution is 0.105. The molecule has 0 bridgehead atoms. The van der Waals surface area contributed by atoms with E-state index in [0.29, 0.717) is 18.7 Å². The third kappa shape index (κ3) is 4.13. The van der Waals surface area contributed by atoms with Gasteiger partial charge >= 0.3 is 0 Å². The number of nitrogens with two attached hydrogens (primary N) is 1. The van der Waals surface area contributed by atoms with Gasteiger partial charge in [0, 0.05) is 16.6 Å². The van der Waals surface area contributed by atoms with Crippen molar-refractivity contribution in [3.63, 3.8) is 0 Å². The highest BCUT2D eigenvalue weighted by Crippen LogP contribution is 2.15. The molecule has 100 valence electrons. The lowest BCUT2D eigenvalue weighted by Crippen LogP contribution is -2.01. The van der Waals surface area contributed by atoms with E-state index in [1.165, 1.54) is 6.07 Å². The van der Waals surface area contributed by atoms with E-state index in [1.807, 2.05) is 24.3 Å². The second-order valence-corrected chi connectivity index (χ2v) is 5.17. The number of hydrogen-bond donors (Lipinski definition) is 1. The van der Waals surface area contributed by atoms with Crippen LogP contribution in [0.2, 0.25) is 0 Å². The molecule has 0 spiro atoms. The molecule has 0 amide bonds. The first-order valence-corrected chi connectivity index (χ1v) is 6.78. The molecule has 0 aromatic heterocycles. The number of rotatable bonds is 5. The van der Waals surface area contributed by atoms with Gasteiger partial charge in [-0.2, -0.15) is 0 Å². The van der Waals surface area contributed by atoms with Gasteiger partial charge in [-0.15, -0.1) is 0 Å². The van der Waals surface area contributed by atoms with Gasteiger partial charge < -0.3 is 10.5 Å². The third-order valence-electron chi connectivity index (χ3n) is 2.76. The van der Waals surface area contributed by atoms with E-state index < -0.39 is 0 Å². The van der Waals surface area contributed by atoms with Crippen molar-refractivity contribution in [3.05, 3.63) is 69.4 Å². The van der Waals surface area contributed by atoms with Gasteiger partial charge in [0.1, 0.15) is 5.82 Å². The van der Waals surface area contributed by atoms with Crippen LogP contribution in [0, 0.1) is 5.82 Å². The van der Waals surface area contributed by atoms with E-state index in [9.17, 15) is 4.39 Å². The summed E-state index contributed by atoms with van der Waals surface area (Å²) in [6.07, 6.45) is 0. The monoisotopic (exact) mass is 323 g/mol. The van der Waals surface area contributed by atoms with Gasteiger partial charge in [-0.3, -0.25) is 0 Å². The molecular formula is C15H15BrFNO. The summed E-state index contributed by atoms with van der Waals surface area (Å²) in [6, 6.07) is 12.7. The van der Waals surface area contributed by atoms with E-state index in [2.05, 4.69) is 15.9 Å². The largest absolute Gasteiger partial charge is 0.372 e. The summed E-state index contributed by atoms with van der Waals surface area (Å²) in [5.41, 5.74) is 8.03. The van der Waals surface area contributed by atoms with Gasteiger partial charge in [-0.1, -0.05) is 34.1 Å². The predicted molar refractivity (Wildman–Crippen MR) is 76.9 cm³/mol. The number of ether oxygens (including phenoxy) is 1. The molecule has 4 heteroatoms. The van der Waals surface area contributed by atoms with Crippen molar-refractivity contribution >= 4 is 15.9 Å². The van der Waals surface area contributed by atoms with Crippen molar-refractivity contribution < 1.29 is 9.13 Å². The van der Waals surface area contributed by atoms with Crippen LogP contribution < -0.4 is 5.73 Å². The molecule has 0 saturated heterocycles. The summed E-state index contributed by atoms with van der Waals surface area (Å²) in [4.78, 5) is 0. The first-order valence-electron chi connectivity index (χ1n) is 5.98. The first kappa shape index (κ1) is 14.2. The summed E-state index contributed by atoms with van der Waals surface area (Å²) >= 11 is 3.40. The summed E-state index contributed by atoms with van der Waals surface area (Å²) in [5, 5.41) is 0. The lowest BCUT2D eigenvalue weighted by Gasteiger charge is -2.07. The topological polar surface area (TPSA) is 35.2 Å². The Balaban J connectivity index is 1.95. The zero-order valence-electron chi connectivity index (χ0n) is 10.4. The Morgan fingerprint density at radius 1 is 1.05 bits per heavy atom. The molecule has 0 saturated carbocycles. The number of halogens is 2. The minimum Gasteiger partial charge on any atom is -0.372 e. The van der Waals surface area contributed by atoms with Crippen LogP contribution in [0.15, 0.2) is 46.9 Å². The maximum absolute atomic E-state index is 13.6. The molecule has 2 rings (SSSR count). The fraction of sp³-hybridized carbons (Fsp3) is 0.200. The Hall–Kier alpha value is -1.23. The molecule has 0 aliphatic heterocycles. The van der Waals surface area contributed by atoms with Crippen LogP contribution in [0.5, 0.6) is 0 Å². The highest BCUT2D eigenvalue weighted by atomic mass is 79.9. The van der Waals surface area contributed by atoms with Crippen LogP contribution in [-0.4, -0.2) is 0 Å². The Bertz CT molecular complexity index is 560. The van der Waals surface area contributed by atoms with Gasteiger partial charge in [-0.25, -0.2) is 4.39 Å². The minimum absolute atomic E-state index is 0.242. The highest BCUT2D eigenvalue weighted by Gasteiger charge is 2.04. The van der Waals surface area contributed by atoms with Crippen LogP contribution in [0.4, 0.5) is 4.39 Å². The molecular weight excluding hydrogens is 309 g/mol.